The van der Waals surface area contributed by atoms with E-state index in [9.17, 15) is 0 Å². The van der Waals surface area contributed by atoms with E-state index in [-0.39, 0.29) is 33.8 Å². The molecule has 0 aromatic heterocycles. The van der Waals surface area contributed by atoms with Crippen LogP contribution in [0.15, 0.2) is 0 Å². The maximum Gasteiger partial charge on any atom is 1.00 e. The van der Waals surface area contributed by atoms with Gasteiger partial charge in [0.2, 0.25) is 0 Å². The van der Waals surface area contributed by atoms with Gasteiger partial charge in [-0.2, -0.15) is 0 Å². The third-order valence-electron chi connectivity index (χ3n) is 0. The van der Waals surface area contributed by atoms with E-state index in [1.165, 1.54) is 0 Å². The van der Waals surface area contributed by atoms with Crippen LogP contribution in [0.2, 0.25) is 0 Å². The zero-order chi connectivity index (χ0) is 2.71. The molecule has 0 aromatic carbocycles. The summed E-state index contributed by atoms with van der Waals surface area (Å²) in [5.41, 5.74) is 0. The summed E-state index contributed by atoms with van der Waals surface area (Å²) in [6.45, 7) is 0. The fourth-order valence-corrected chi connectivity index (χ4v) is 0. The van der Waals surface area contributed by atoms with Gasteiger partial charge in [0.25, 0.3) is 0 Å². The summed E-state index contributed by atoms with van der Waals surface area (Å²) in [7, 11) is 1.59. The van der Waals surface area contributed by atoms with Gasteiger partial charge in [0.1, 0.15) is 0 Å². The second kappa shape index (κ2) is 8.82. The molecular formula is CH6AlNaO. The van der Waals surface area contributed by atoms with Crippen LogP contribution >= 0.6 is 0 Å². The Bertz CT molecular complexity index is 14.9. The summed E-state index contributed by atoms with van der Waals surface area (Å²) in [5.74, 6) is 0. The van der Waals surface area contributed by atoms with Crippen molar-refractivity contribution in [2.75, 3.05) is 7.11 Å². The van der Waals surface area contributed by atoms with Crippen molar-refractivity contribution in [3.8, 4) is 0 Å². The van der Waals surface area contributed by atoms with Crippen LogP contribution < -0.4 is 29.6 Å². The second-order valence-electron chi connectivity index (χ2n) is 0.236. The first-order valence-electron chi connectivity index (χ1n) is 0.644. The Balaban J connectivity index is -0.00000000333. The molecule has 0 atom stereocenters. The summed E-state index contributed by atoms with van der Waals surface area (Å²) >= 11 is 2.08. The van der Waals surface area contributed by atoms with Gasteiger partial charge in [-0.15, -0.1) is 0 Å². The van der Waals surface area contributed by atoms with E-state index in [2.05, 4.69) is 20.4 Å². The summed E-state index contributed by atoms with van der Waals surface area (Å²) in [6.07, 6.45) is 0. The van der Waals surface area contributed by atoms with Gasteiger partial charge >= 0.3 is 57.1 Å². The molecule has 0 aliphatic carbocycles. The van der Waals surface area contributed by atoms with Crippen LogP contribution in [-0.4, -0.2) is 23.7 Å². The summed E-state index contributed by atoms with van der Waals surface area (Å²) in [6, 6.07) is 0. The third-order valence-corrected chi connectivity index (χ3v) is 0. The average molecular weight is 84.0 g/mol. The minimum Gasteiger partial charge on any atom is -1.00 e. The molecule has 3 heteroatoms. The summed E-state index contributed by atoms with van der Waals surface area (Å²) < 4.78 is 4.17. The SMILES string of the molecule is C[O][Al+2].[H-].[H-].[H-].[Na+]. The predicted molar refractivity (Wildman–Crippen MR) is 16.1 cm³/mol. The molecule has 0 spiro atoms. The van der Waals surface area contributed by atoms with Gasteiger partial charge in [-0.25, -0.2) is 0 Å². The molecule has 0 N–H and O–H groups in total. The summed E-state index contributed by atoms with van der Waals surface area (Å²) in [5, 5.41) is 0. The smallest absolute Gasteiger partial charge is 1.00 e. The van der Waals surface area contributed by atoms with Crippen LogP contribution in [0.1, 0.15) is 4.28 Å². The van der Waals surface area contributed by atoms with Crippen molar-refractivity contribution >= 4 is 16.6 Å². The van der Waals surface area contributed by atoms with Crippen LogP contribution in [0.3, 0.4) is 0 Å². The van der Waals surface area contributed by atoms with Gasteiger partial charge in [0, 0.05) is 0 Å². The van der Waals surface area contributed by atoms with Crippen LogP contribution in [0, 0.1) is 0 Å². The van der Waals surface area contributed by atoms with Crippen molar-refractivity contribution in [1.29, 1.82) is 0 Å². The predicted octanol–water partition coefficient (Wildman–Crippen LogP) is -2.94. The van der Waals surface area contributed by atoms with E-state index in [4.69, 9.17) is 0 Å². The fraction of sp³-hybridized carbons (Fsp3) is 1.00. The molecular weight excluding hydrogens is 78.0 g/mol. The Hall–Kier alpha value is 1.49. The van der Waals surface area contributed by atoms with Gasteiger partial charge in [-0.1, -0.05) is 0 Å². The largest absolute Gasteiger partial charge is 1.00 e. The zero-order valence-electron chi connectivity index (χ0n) is 5.99. The molecule has 1 nitrogen and oxygen atoms in total. The van der Waals surface area contributed by atoms with Gasteiger partial charge in [0.05, 0.1) is 0 Å². The number of rotatable bonds is 0. The molecule has 0 unspecified atom stereocenters. The molecule has 20 valence electrons. The van der Waals surface area contributed by atoms with Crippen LogP contribution in [0.5, 0.6) is 0 Å². The van der Waals surface area contributed by atoms with E-state index in [1.807, 2.05) is 0 Å². The van der Waals surface area contributed by atoms with Crippen molar-refractivity contribution < 1.29 is 37.6 Å². The standard InChI is InChI=1S/CH3O.Al.Na.3H/c1-2;;;;;/h1H3;;;;;/q-1;+3;+1;3*-1. The first kappa shape index (κ1) is 9.09. The number of hydrogen-bond donors (Lipinski definition) is 0. The van der Waals surface area contributed by atoms with Crippen molar-refractivity contribution in [3.63, 3.8) is 0 Å². The Morgan fingerprint density at radius 3 is 2.00 bits per heavy atom. The van der Waals surface area contributed by atoms with E-state index in [0.717, 1.165) is 0 Å². The molecule has 0 saturated carbocycles. The fourth-order valence-electron chi connectivity index (χ4n) is 0. The van der Waals surface area contributed by atoms with Crippen LogP contribution in [0.25, 0.3) is 0 Å². The maximum atomic E-state index is 4.17. The molecule has 0 aliphatic rings. The molecule has 0 bridgehead atoms. The van der Waals surface area contributed by atoms with Gasteiger partial charge < -0.3 is 4.28 Å². The molecule has 0 amide bonds. The van der Waals surface area contributed by atoms with Gasteiger partial charge in [0.15, 0.2) is 0 Å². The van der Waals surface area contributed by atoms with Crippen LogP contribution in [-0.2, 0) is 3.79 Å². The molecule has 0 aliphatic heterocycles. The Morgan fingerprint density at radius 2 is 2.00 bits per heavy atom. The molecule has 0 aromatic rings. The van der Waals surface area contributed by atoms with Crippen molar-refractivity contribution in [3.05, 3.63) is 0 Å². The maximum absolute atomic E-state index is 4.17. The van der Waals surface area contributed by atoms with Crippen molar-refractivity contribution in [1.82, 2.24) is 0 Å². The van der Waals surface area contributed by atoms with E-state index < -0.39 is 0 Å². The molecule has 0 fully saturated rings. The Morgan fingerprint density at radius 1 is 2.00 bits per heavy atom. The summed E-state index contributed by atoms with van der Waals surface area (Å²) in [4.78, 5) is 0. The molecule has 0 saturated heterocycles. The van der Waals surface area contributed by atoms with Crippen LogP contribution in [0.4, 0.5) is 0 Å². The second-order valence-corrected chi connectivity index (χ2v) is 0.707. The quantitative estimate of drug-likeness (QED) is 0.285. The van der Waals surface area contributed by atoms with E-state index in [1.54, 1.807) is 7.11 Å². The molecule has 0 radical (unpaired) electrons. The monoisotopic (exact) mass is 84.0 g/mol. The third kappa shape index (κ3) is 9.74. The normalized spacial score (nSPS) is 4.75. The van der Waals surface area contributed by atoms with Crippen molar-refractivity contribution in [2.24, 2.45) is 0 Å². The van der Waals surface area contributed by atoms with Gasteiger partial charge in [-0.3, -0.25) is 0 Å². The molecule has 0 heterocycles. The average Bonchev–Trinajstić information content (AvgIpc) is 0.918. The Kier molecular flexibility index (Phi) is 20.0. The minimum absolute atomic E-state index is 0. The topological polar surface area (TPSA) is 9.23 Å². The molecule has 0 rings (SSSR count). The van der Waals surface area contributed by atoms with Gasteiger partial charge in [-0.05, 0) is 0 Å². The zero-order valence-corrected chi connectivity index (χ0v) is 6.14. The number of hydrogen-bond acceptors (Lipinski definition) is 1. The Labute approximate surface area is 61.2 Å². The first-order chi connectivity index (χ1) is 1.41. The van der Waals surface area contributed by atoms with E-state index in [0.29, 0.717) is 0 Å². The van der Waals surface area contributed by atoms with Crippen molar-refractivity contribution in [2.45, 2.75) is 0 Å². The first-order valence-corrected chi connectivity index (χ1v) is 1.12. The minimum atomic E-state index is 0. The molecule has 4 heavy (non-hydrogen) atoms. The van der Waals surface area contributed by atoms with E-state index >= 15 is 0 Å².